The van der Waals surface area contributed by atoms with Gasteiger partial charge in [0.15, 0.2) is 0 Å². The van der Waals surface area contributed by atoms with Crippen LogP contribution in [0.15, 0.2) is 66.7 Å². The van der Waals surface area contributed by atoms with Crippen molar-refractivity contribution in [3.8, 4) is 5.75 Å². The average Bonchev–Trinajstić information content (AvgIpc) is 2.80. The molecule has 0 bridgehead atoms. The Morgan fingerprint density at radius 1 is 0.912 bits per heavy atom. The van der Waals surface area contributed by atoms with Crippen LogP contribution in [0.1, 0.15) is 23.1 Å². The molecule has 1 aliphatic rings. The highest BCUT2D eigenvalue weighted by atomic mass is 16.5. The summed E-state index contributed by atoms with van der Waals surface area (Å²) < 4.78 is 5.19. The molecule has 0 aliphatic carbocycles. The molecule has 4 amide bonds. The van der Waals surface area contributed by atoms with Gasteiger partial charge in [0, 0.05) is 42.8 Å². The minimum Gasteiger partial charge on any atom is -0.497 e. The molecule has 4 rings (SSSR count). The van der Waals surface area contributed by atoms with Crippen LogP contribution in [0.5, 0.6) is 5.75 Å². The second-order valence-electron chi connectivity index (χ2n) is 8.57. The fourth-order valence-corrected chi connectivity index (χ4v) is 4.29. The van der Waals surface area contributed by atoms with E-state index >= 15 is 0 Å². The molecule has 1 aliphatic heterocycles. The first-order valence-electron chi connectivity index (χ1n) is 11.4. The zero-order chi connectivity index (χ0) is 24.1. The second-order valence-corrected chi connectivity index (χ2v) is 8.57. The van der Waals surface area contributed by atoms with E-state index in [-0.39, 0.29) is 12.1 Å². The Balaban J connectivity index is 1.43. The predicted molar refractivity (Wildman–Crippen MR) is 136 cm³/mol. The molecule has 3 aromatic rings. The molecule has 3 aromatic carbocycles. The van der Waals surface area contributed by atoms with Crippen LogP contribution < -0.4 is 20.3 Å². The minimum absolute atomic E-state index is 0.0246. The van der Waals surface area contributed by atoms with Gasteiger partial charge < -0.3 is 20.3 Å². The van der Waals surface area contributed by atoms with Gasteiger partial charge in [-0.2, -0.15) is 0 Å². The van der Waals surface area contributed by atoms with E-state index in [9.17, 15) is 9.59 Å². The predicted octanol–water partition coefficient (Wildman–Crippen LogP) is 5.79. The maximum atomic E-state index is 13.3. The Morgan fingerprint density at radius 2 is 1.59 bits per heavy atom. The highest BCUT2D eigenvalue weighted by Crippen LogP contribution is 2.25. The number of amides is 4. The molecule has 2 N–H and O–H groups in total. The SMILES string of the molecule is COc1cccc(NC(=O)Nc2cccc(N3CCCN(Cc4cc(C)cc(C)c4)C3=O)c2)c1. The number of benzene rings is 3. The molecule has 1 saturated heterocycles. The number of aryl methyl sites for hydroxylation is 2. The van der Waals surface area contributed by atoms with Gasteiger partial charge in [0.25, 0.3) is 0 Å². The minimum atomic E-state index is -0.369. The van der Waals surface area contributed by atoms with E-state index in [1.54, 1.807) is 36.3 Å². The first-order chi connectivity index (χ1) is 16.4. The van der Waals surface area contributed by atoms with Crippen molar-refractivity contribution < 1.29 is 14.3 Å². The lowest BCUT2D eigenvalue weighted by molar-refractivity contribution is 0.192. The Morgan fingerprint density at radius 3 is 2.29 bits per heavy atom. The van der Waals surface area contributed by atoms with E-state index in [4.69, 9.17) is 4.74 Å². The average molecular weight is 459 g/mol. The number of anilines is 3. The van der Waals surface area contributed by atoms with Crippen LogP contribution in [-0.4, -0.2) is 37.2 Å². The molecule has 0 radical (unpaired) electrons. The number of ether oxygens (including phenoxy) is 1. The van der Waals surface area contributed by atoms with Crippen LogP contribution in [0.25, 0.3) is 0 Å². The van der Waals surface area contributed by atoms with Gasteiger partial charge in [-0.05, 0) is 56.2 Å². The van der Waals surface area contributed by atoms with Crippen molar-refractivity contribution in [3.63, 3.8) is 0 Å². The Kier molecular flexibility index (Phi) is 7.01. The first kappa shape index (κ1) is 23.2. The zero-order valence-electron chi connectivity index (χ0n) is 19.8. The van der Waals surface area contributed by atoms with Crippen LogP contribution in [0.4, 0.5) is 26.7 Å². The molecule has 0 aromatic heterocycles. The molecular formula is C27H30N4O3. The smallest absolute Gasteiger partial charge is 0.324 e. The fraction of sp³-hybridized carbons (Fsp3) is 0.259. The molecule has 0 spiro atoms. The van der Waals surface area contributed by atoms with Crippen LogP contribution >= 0.6 is 0 Å². The number of carbonyl (C=O) groups excluding carboxylic acids is 2. The standard InChI is InChI=1S/C27H30N4O3/c1-19-13-20(2)15-21(14-19)18-30-11-6-12-31(27(30)33)24-9-4-7-22(16-24)28-26(32)29-23-8-5-10-25(17-23)34-3/h4-5,7-10,13-17H,6,11-12,18H2,1-3H3,(H2,28,29,32). The Hall–Kier alpha value is -4.00. The summed E-state index contributed by atoms with van der Waals surface area (Å²) in [5, 5.41) is 5.64. The topological polar surface area (TPSA) is 73.9 Å². The van der Waals surface area contributed by atoms with E-state index < -0.39 is 0 Å². The van der Waals surface area contributed by atoms with Crippen molar-refractivity contribution in [2.24, 2.45) is 0 Å². The van der Waals surface area contributed by atoms with Gasteiger partial charge in [-0.25, -0.2) is 9.59 Å². The van der Waals surface area contributed by atoms with Crippen molar-refractivity contribution in [2.75, 3.05) is 35.7 Å². The number of urea groups is 2. The summed E-state index contributed by atoms with van der Waals surface area (Å²) in [4.78, 5) is 29.4. The van der Waals surface area contributed by atoms with Crippen LogP contribution in [0.2, 0.25) is 0 Å². The van der Waals surface area contributed by atoms with Gasteiger partial charge in [-0.1, -0.05) is 41.5 Å². The monoisotopic (exact) mass is 458 g/mol. The molecule has 0 saturated carbocycles. The van der Waals surface area contributed by atoms with E-state index in [0.29, 0.717) is 30.2 Å². The number of hydrogen-bond donors (Lipinski definition) is 2. The van der Waals surface area contributed by atoms with E-state index in [0.717, 1.165) is 24.2 Å². The summed E-state index contributed by atoms with van der Waals surface area (Å²) in [5.74, 6) is 0.661. The molecule has 0 atom stereocenters. The molecule has 7 nitrogen and oxygen atoms in total. The Bertz CT molecular complexity index is 1170. The number of rotatable bonds is 6. The van der Waals surface area contributed by atoms with Gasteiger partial charge in [0.05, 0.1) is 7.11 Å². The third-order valence-electron chi connectivity index (χ3n) is 5.71. The van der Waals surface area contributed by atoms with Crippen molar-refractivity contribution in [1.82, 2.24) is 4.90 Å². The van der Waals surface area contributed by atoms with Crippen molar-refractivity contribution in [1.29, 1.82) is 0 Å². The summed E-state index contributed by atoms with van der Waals surface area (Å²) >= 11 is 0. The third kappa shape index (κ3) is 5.67. The van der Waals surface area contributed by atoms with E-state index in [1.165, 1.54) is 11.1 Å². The highest BCUT2D eigenvalue weighted by Gasteiger charge is 2.27. The van der Waals surface area contributed by atoms with Gasteiger partial charge in [0.2, 0.25) is 0 Å². The molecule has 1 fully saturated rings. The van der Waals surface area contributed by atoms with Gasteiger partial charge in [-0.15, -0.1) is 0 Å². The van der Waals surface area contributed by atoms with E-state index in [2.05, 4.69) is 42.7 Å². The number of nitrogens with zero attached hydrogens (tertiary/aromatic N) is 2. The summed E-state index contributed by atoms with van der Waals surface area (Å²) in [6, 6.07) is 20.5. The summed E-state index contributed by atoms with van der Waals surface area (Å²) in [6.45, 7) is 6.09. The van der Waals surface area contributed by atoms with Crippen LogP contribution in [0, 0.1) is 13.8 Å². The van der Waals surface area contributed by atoms with Gasteiger partial charge in [-0.3, -0.25) is 4.90 Å². The zero-order valence-corrected chi connectivity index (χ0v) is 19.8. The molecular weight excluding hydrogens is 428 g/mol. The number of carbonyl (C=O) groups is 2. The quantitative estimate of drug-likeness (QED) is 0.491. The second kappa shape index (κ2) is 10.3. The van der Waals surface area contributed by atoms with Gasteiger partial charge in [0.1, 0.15) is 5.75 Å². The van der Waals surface area contributed by atoms with E-state index in [1.807, 2.05) is 29.2 Å². The van der Waals surface area contributed by atoms with Crippen molar-refractivity contribution >= 4 is 29.1 Å². The van der Waals surface area contributed by atoms with Crippen molar-refractivity contribution in [3.05, 3.63) is 83.4 Å². The van der Waals surface area contributed by atoms with Crippen LogP contribution in [-0.2, 0) is 6.54 Å². The summed E-state index contributed by atoms with van der Waals surface area (Å²) in [5.41, 5.74) is 5.52. The highest BCUT2D eigenvalue weighted by molar-refractivity contribution is 6.00. The number of hydrogen-bond acceptors (Lipinski definition) is 3. The molecule has 0 unspecified atom stereocenters. The van der Waals surface area contributed by atoms with Gasteiger partial charge >= 0.3 is 12.1 Å². The summed E-state index contributed by atoms with van der Waals surface area (Å²) in [7, 11) is 1.58. The van der Waals surface area contributed by atoms with Crippen LogP contribution in [0.3, 0.4) is 0 Å². The lowest BCUT2D eigenvalue weighted by Gasteiger charge is -2.36. The molecule has 176 valence electrons. The normalized spacial score (nSPS) is 13.6. The maximum Gasteiger partial charge on any atom is 0.324 e. The lowest BCUT2D eigenvalue weighted by Crippen LogP contribution is -2.49. The molecule has 7 heteroatoms. The first-order valence-corrected chi connectivity index (χ1v) is 11.4. The Labute approximate surface area is 200 Å². The molecule has 34 heavy (non-hydrogen) atoms. The fourth-order valence-electron chi connectivity index (χ4n) is 4.29. The third-order valence-corrected chi connectivity index (χ3v) is 5.71. The summed E-state index contributed by atoms with van der Waals surface area (Å²) in [6.07, 6.45) is 0.879. The molecule has 1 heterocycles. The maximum absolute atomic E-state index is 13.3. The lowest BCUT2D eigenvalue weighted by atomic mass is 10.1. The number of methoxy groups -OCH3 is 1. The largest absolute Gasteiger partial charge is 0.497 e. The van der Waals surface area contributed by atoms with Crippen molar-refractivity contribution in [2.45, 2.75) is 26.8 Å². The number of nitrogens with one attached hydrogen (secondary N) is 2.